The highest BCUT2D eigenvalue weighted by molar-refractivity contribution is 6.12. The van der Waals surface area contributed by atoms with Gasteiger partial charge in [-0.25, -0.2) is 4.79 Å². The van der Waals surface area contributed by atoms with Gasteiger partial charge in [-0.1, -0.05) is 18.2 Å². The van der Waals surface area contributed by atoms with Gasteiger partial charge in [-0.15, -0.1) is 0 Å². The van der Waals surface area contributed by atoms with E-state index < -0.39 is 17.5 Å². The number of benzene rings is 2. The van der Waals surface area contributed by atoms with Crippen LogP contribution in [0.4, 0.5) is 4.79 Å². The lowest BCUT2D eigenvalue weighted by molar-refractivity contribution is -0.132. The fraction of sp³-hybridized carbons (Fsp3) is 0.269. The van der Waals surface area contributed by atoms with Crippen LogP contribution in [0, 0.1) is 13.8 Å². The number of aryl methyl sites for hydroxylation is 1. The van der Waals surface area contributed by atoms with E-state index in [2.05, 4.69) is 5.32 Å². The monoisotopic (exact) mass is 473 g/mol. The summed E-state index contributed by atoms with van der Waals surface area (Å²) in [6.07, 6.45) is 0.303. The van der Waals surface area contributed by atoms with Crippen LogP contribution in [0.1, 0.15) is 33.7 Å². The van der Waals surface area contributed by atoms with Crippen molar-refractivity contribution in [1.82, 2.24) is 14.8 Å². The molecule has 0 saturated carbocycles. The number of hydrogen-bond acceptors (Lipinski definition) is 6. The summed E-state index contributed by atoms with van der Waals surface area (Å²) in [7, 11) is 0. The van der Waals surface area contributed by atoms with Gasteiger partial charge in [0.1, 0.15) is 5.75 Å². The number of rotatable bonds is 4. The molecule has 178 valence electrons. The van der Waals surface area contributed by atoms with E-state index in [9.17, 15) is 14.4 Å². The van der Waals surface area contributed by atoms with Gasteiger partial charge in [-0.2, -0.15) is 0 Å². The summed E-state index contributed by atoms with van der Waals surface area (Å²) in [5.74, 6) is 1.13. The average Bonchev–Trinajstić information content (AvgIpc) is 3.50. The quantitative estimate of drug-likeness (QED) is 0.462. The molecule has 1 fully saturated rings. The molecule has 3 aliphatic rings. The Hall–Kier alpha value is -4.27. The van der Waals surface area contributed by atoms with Crippen molar-refractivity contribution in [2.45, 2.75) is 25.8 Å². The third kappa shape index (κ3) is 3.11. The van der Waals surface area contributed by atoms with Gasteiger partial charge in [0, 0.05) is 40.7 Å². The number of Topliss-reactive ketones (excluding diaryl/α,β-unsaturated/α-hetero) is 1. The molecule has 9 heteroatoms. The second-order valence-electron chi connectivity index (χ2n) is 8.90. The van der Waals surface area contributed by atoms with E-state index in [0.717, 1.165) is 16.3 Å². The minimum absolute atomic E-state index is 0.177. The number of nitrogens with one attached hydrogen (secondary N) is 1. The molecule has 0 aliphatic carbocycles. The zero-order valence-corrected chi connectivity index (χ0v) is 19.3. The van der Waals surface area contributed by atoms with Gasteiger partial charge in [-0.05, 0) is 38.1 Å². The van der Waals surface area contributed by atoms with Gasteiger partial charge in [0.2, 0.25) is 6.79 Å². The van der Waals surface area contributed by atoms with E-state index in [1.807, 2.05) is 42.7 Å². The summed E-state index contributed by atoms with van der Waals surface area (Å²) in [6, 6.07) is 13.9. The summed E-state index contributed by atoms with van der Waals surface area (Å²) in [5.41, 5.74) is 2.24. The highest BCUT2D eigenvalue weighted by atomic mass is 16.7. The van der Waals surface area contributed by atoms with Crippen LogP contribution in [0.2, 0.25) is 0 Å². The summed E-state index contributed by atoms with van der Waals surface area (Å²) in [6.45, 7) is 3.86. The lowest BCUT2D eigenvalue weighted by atomic mass is 9.84. The molecule has 9 nitrogen and oxygen atoms in total. The molecule has 0 unspecified atom stereocenters. The van der Waals surface area contributed by atoms with E-state index in [1.54, 1.807) is 24.3 Å². The maximum atomic E-state index is 13.5. The van der Waals surface area contributed by atoms with Gasteiger partial charge in [0.15, 0.2) is 22.8 Å². The summed E-state index contributed by atoms with van der Waals surface area (Å²) < 4.78 is 18.5. The van der Waals surface area contributed by atoms with Crippen molar-refractivity contribution in [3.8, 4) is 22.9 Å². The first-order chi connectivity index (χ1) is 16.9. The lowest BCUT2D eigenvalue weighted by Gasteiger charge is -2.33. The number of para-hydroxylation sites is 1. The Morgan fingerprint density at radius 2 is 1.80 bits per heavy atom. The molecule has 1 saturated heterocycles. The van der Waals surface area contributed by atoms with Crippen molar-refractivity contribution in [3.63, 3.8) is 0 Å². The third-order valence-corrected chi connectivity index (χ3v) is 6.90. The Morgan fingerprint density at radius 1 is 1.00 bits per heavy atom. The number of ketones is 1. The van der Waals surface area contributed by atoms with E-state index in [1.165, 1.54) is 0 Å². The number of carbonyl (C=O) groups is 3. The summed E-state index contributed by atoms with van der Waals surface area (Å²) in [4.78, 5) is 40.8. The second-order valence-corrected chi connectivity index (χ2v) is 8.90. The number of aromatic nitrogens is 1. The Labute approximate surface area is 201 Å². The van der Waals surface area contributed by atoms with Crippen molar-refractivity contribution in [2.24, 2.45) is 0 Å². The van der Waals surface area contributed by atoms with E-state index in [4.69, 9.17) is 14.2 Å². The first-order valence-corrected chi connectivity index (χ1v) is 11.4. The smallest absolute Gasteiger partial charge is 0.325 e. The molecule has 3 aliphatic heterocycles. The van der Waals surface area contributed by atoms with Crippen LogP contribution in [0.25, 0.3) is 5.69 Å². The molecule has 1 N–H and O–H groups in total. The Morgan fingerprint density at radius 3 is 2.66 bits per heavy atom. The van der Waals surface area contributed by atoms with Crippen LogP contribution in [-0.4, -0.2) is 47.1 Å². The average molecular weight is 473 g/mol. The predicted molar refractivity (Wildman–Crippen MR) is 124 cm³/mol. The van der Waals surface area contributed by atoms with E-state index in [-0.39, 0.29) is 19.1 Å². The number of amides is 3. The zero-order chi connectivity index (χ0) is 24.3. The van der Waals surface area contributed by atoms with Crippen LogP contribution in [-0.2, 0) is 10.3 Å². The normalized spacial score (nSPS) is 20.1. The van der Waals surface area contributed by atoms with Crippen LogP contribution in [0.5, 0.6) is 17.2 Å². The summed E-state index contributed by atoms with van der Waals surface area (Å²) >= 11 is 0. The number of carbonyl (C=O) groups excluding carboxylic acids is 3. The molecule has 1 aromatic heterocycles. The minimum Gasteiger partial charge on any atom is -0.493 e. The molecule has 3 amide bonds. The molecule has 35 heavy (non-hydrogen) atoms. The Bertz CT molecular complexity index is 1410. The molecular weight excluding hydrogens is 450 g/mol. The van der Waals surface area contributed by atoms with Gasteiger partial charge in [0.25, 0.3) is 5.91 Å². The molecular formula is C26H23N3O6. The SMILES string of the molecule is Cc1cc(C(=O)CN2C(=O)N[C@]3(CCOc4ccccc43)C2=O)c(C)n1-c1ccc2c(c1)OCO2. The number of imide groups is 1. The standard InChI is InChI=1S/C26H23N3O6/c1-15-11-18(16(2)29(15)17-7-8-22-23(12-17)35-14-34-22)20(30)13-28-24(31)26(27-25(28)32)9-10-33-21-6-4-3-5-19(21)26/h3-8,11-12H,9-10,13-14H2,1-2H3,(H,27,32)/t26-/m0/s1. The molecule has 0 bridgehead atoms. The van der Waals surface area contributed by atoms with E-state index >= 15 is 0 Å². The Balaban J connectivity index is 1.29. The number of urea groups is 1. The largest absolute Gasteiger partial charge is 0.493 e. The van der Waals surface area contributed by atoms with E-state index in [0.29, 0.717) is 47.1 Å². The van der Waals surface area contributed by atoms with Gasteiger partial charge in [-0.3, -0.25) is 14.5 Å². The molecule has 0 radical (unpaired) electrons. The van der Waals surface area contributed by atoms with Crippen molar-refractivity contribution in [2.75, 3.05) is 19.9 Å². The number of ether oxygens (including phenoxy) is 3. The zero-order valence-electron chi connectivity index (χ0n) is 19.3. The molecule has 1 spiro atoms. The number of nitrogens with zero attached hydrogens (tertiary/aromatic N) is 2. The number of fused-ring (bicyclic) bond motifs is 3. The molecule has 2 aromatic carbocycles. The summed E-state index contributed by atoms with van der Waals surface area (Å²) in [5, 5.41) is 2.84. The van der Waals surface area contributed by atoms with Crippen LogP contribution in [0.15, 0.2) is 48.5 Å². The minimum atomic E-state index is -1.21. The predicted octanol–water partition coefficient (Wildman–Crippen LogP) is 3.24. The highest BCUT2D eigenvalue weighted by Crippen LogP contribution is 2.41. The van der Waals surface area contributed by atoms with Crippen molar-refractivity contribution in [1.29, 1.82) is 0 Å². The van der Waals surface area contributed by atoms with Crippen LogP contribution in [0.3, 0.4) is 0 Å². The molecule has 3 aromatic rings. The lowest BCUT2D eigenvalue weighted by Crippen LogP contribution is -2.47. The second kappa shape index (κ2) is 7.63. The van der Waals surface area contributed by atoms with Crippen molar-refractivity contribution < 1.29 is 28.6 Å². The maximum absolute atomic E-state index is 13.5. The fourth-order valence-electron chi connectivity index (χ4n) is 5.21. The maximum Gasteiger partial charge on any atom is 0.325 e. The van der Waals surface area contributed by atoms with Gasteiger partial charge >= 0.3 is 6.03 Å². The van der Waals surface area contributed by atoms with Crippen molar-refractivity contribution >= 4 is 17.7 Å². The Kier molecular flexibility index (Phi) is 4.64. The first kappa shape index (κ1) is 21.3. The fourth-order valence-corrected chi connectivity index (χ4v) is 5.21. The van der Waals surface area contributed by atoms with Gasteiger partial charge < -0.3 is 24.1 Å². The van der Waals surface area contributed by atoms with Crippen molar-refractivity contribution in [3.05, 3.63) is 71.0 Å². The third-order valence-electron chi connectivity index (χ3n) is 6.90. The first-order valence-electron chi connectivity index (χ1n) is 11.4. The number of hydrogen-bond donors (Lipinski definition) is 1. The molecule has 1 atom stereocenters. The van der Waals surface area contributed by atoms with Crippen LogP contribution < -0.4 is 19.5 Å². The van der Waals surface area contributed by atoms with Gasteiger partial charge in [0.05, 0.1) is 13.2 Å². The van der Waals surface area contributed by atoms with Crippen LogP contribution >= 0.6 is 0 Å². The highest BCUT2D eigenvalue weighted by Gasteiger charge is 2.55. The topological polar surface area (TPSA) is 99.1 Å². The molecule has 6 rings (SSSR count). The molecule has 4 heterocycles.